The Morgan fingerprint density at radius 1 is 1.13 bits per heavy atom. The summed E-state index contributed by atoms with van der Waals surface area (Å²) in [5.41, 5.74) is 9.41. The van der Waals surface area contributed by atoms with Crippen LogP contribution in [0.4, 0.5) is 5.69 Å². The SMILES string of the molecule is CCN(Cc1cc(C(=O)OCCCCCNC(=O)C(C)c2ccccc2OC)cc(Br)c1N)C1CCCCC1. The second kappa shape index (κ2) is 15.9. The molecule has 3 N–H and O–H groups in total. The molecule has 39 heavy (non-hydrogen) atoms. The first kappa shape index (κ1) is 31.0. The number of nitrogen functional groups attached to an aromatic ring is 1. The lowest BCUT2D eigenvalue weighted by Crippen LogP contribution is -2.36. The lowest BCUT2D eigenvalue weighted by Gasteiger charge is -2.34. The van der Waals surface area contributed by atoms with E-state index in [4.69, 9.17) is 15.2 Å². The third-order valence-corrected chi connectivity index (χ3v) is 8.33. The van der Waals surface area contributed by atoms with Gasteiger partial charge in [-0.25, -0.2) is 4.79 Å². The van der Waals surface area contributed by atoms with Crippen LogP contribution in [-0.2, 0) is 16.1 Å². The van der Waals surface area contributed by atoms with Crippen molar-refractivity contribution < 1.29 is 19.1 Å². The zero-order valence-electron chi connectivity index (χ0n) is 23.6. The molecule has 1 unspecified atom stereocenters. The first-order valence-electron chi connectivity index (χ1n) is 14.2. The molecule has 1 saturated carbocycles. The number of nitrogens with two attached hydrogens (primary N) is 1. The van der Waals surface area contributed by atoms with Crippen molar-refractivity contribution in [3.8, 4) is 5.75 Å². The van der Waals surface area contributed by atoms with E-state index in [1.165, 1.54) is 32.1 Å². The smallest absolute Gasteiger partial charge is 0.338 e. The van der Waals surface area contributed by atoms with Crippen LogP contribution in [0.25, 0.3) is 0 Å². The van der Waals surface area contributed by atoms with Crippen LogP contribution in [0, 0.1) is 0 Å². The maximum absolute atomic E-state index is 12.8. The molecule has 2 aromatic rings. The third kappa shape index (κ3) is 8.97. The number of carbonyl (C=O) groups is 2. The Balaban J connectivity index is 1.41. The lowest BCUT2D eigenvalue weighted by atomic mass is 9.93. The van der Waals surface area contributed by atoms with Crippen molar-refractivity contribution in [1.29, 1.82) is 0 Å². The topological polar surface area (TPSA) is 93.9 Å². The van der Waals surface area contributed by atoms with E-state index in [1.807, 2.05) is 37.3 Å². The van der Waals surface area contributed by atoms with Gasteiger partial charge >= 0.3 is 5.97 Å². The van der Waals surface area contributed by atoms with Gasteiger partial charge in [-0.15, -0.1) is 0 Å². The van der Waals surface area contributed by atoms with Crippen LogP contribution < -0.4 is 15.8 Å². The third-order valence-electron chi connectivity index (χ3n) is 7.67. The standard InChI is InChI=1S/C31H44BrN3O4/c1-4-35(25-13-7-5-8-14-25)21-24-19-23(20-27(32)29(24)33)31(37)39-18-12-6-11-17-34-30(36)22(2)26-15-9-10-16-28(26)38-3/h9-10,15-16,19-20,22,25H,4-8,11-14,17-18,21,33H2,1-3H3,(H,34,36). The maximum atomic E-state index is 12.8. The number of anilines is 1. The molecule has 0 spiro atoms. The molecule has 7 nitrogen and oxygen atoms in total. The van der Waals surface area contributed by atoms with Gasteiger partial charge in [0.05, 0.1) is 30.9 Å². The van der Waals surface area contributed by atoms with Crippen molar-refractivity contribution in [2.45, 2.75) is 83.7 Å². The highest BCUT2D eigenvalue weighted by atomic mass is 79.9. The number of para-hydroxylation sites is 1. The maximum Gasteiger partial charge on any atom is 0.338 e. The first-order chi connectivity index (χ1) is 18.8. The molecule has 1 aliphatic rings. The van der Waals surface area contributed by atoms with E-state index in [-0.39, 0.29) is 17.8 Å². The number of hydrogen-bond donors (Lipinski definition) is 2. The number of unbranched alkanes of at least 4 members (excludes halogenated alkanes) is 2. The van der Waals surface area contributed by atoms with Gasteiger partial charge in [-0.1, -0.05) is 44.4 Å². The zero-order chi connectivity index (χ0) is 28.2. The number of rotatable bonds is 14. The zero-order valence-corrected chi connectivity index (χ0v) is 25.2. The van der Waals surface area contributed by atoms with Crippen LogP contribution in [0.1, 0.15) is 92.6 Å². The number of benzene rings is 2. The number of amides is 1. The summed E-state index contributed by atoms with van der Waals surface area (Å²) in [7, 11) is 1.61. The van der Waals surface area contributed by atoms with Crippen LogP contribution in [0.5, 0.6) is 5.75 Å². The molecule has 1 aliphatic carbocycles. The van der Waals surface area contributed by atoms with Crippen molar-refractivity contribution in [2.75, 3.05) is 32.5 Å². The van der Waals surface area contributed by atoms with Crippen LogP contribution >= 0.6 is 15.9 Å². The Morgan fingerprint density at radius 3 is 2.59 bits per heavy atom. The summed E-state index contributed by atoms with van der Waals surface area (Å²) in [5, 5.41) is 3.00. The van der Waals surface area contributed by atoms with E-state index in [9.17, 15) is 9.59 Å². The second-order valence-electron chi connectivity index (χ2n) is 10.3. The number of hydrogen-bond acceptors (Lipinski definition) is 6. The quantitative estimate of drug-likeness (QED) is 0.147. The molecule has 8 heteroatoms. The molecule has 3 rings (SSSR count). The summed E-state index contributed by atoms with van der Waals surface area (Å²) in [5.74, 6) is 0.0600. The highest BCUT2D eigenvalue weighted by molar-refractivity contribution is 9.10. The van der Waals surface area contributed by atoms with Crippen LogP contribution in [0.3, 0.4) is 0 Å². The predicted octanol–water partition coefficient (Wildman–Crippen LogP) is 6.44. The molecule has 0 saturated heterocycles. The molecule has 2 aromatic carbocycles. The number of carbonyl (C=O) groups excluding carboxylic acids is 2. The minimum absolute atomic E-state index is 0.0271. The highest BCUT2D eigenvalue weighted by Gasteiger charge is 2.22. The Kier molecular flexibility index (Phi) is 12.6. The van der Waals surface area contributed by atoms with Gasteiger partial charge in [0.25, 0.3) is 0 Å². The molecule has 0 bridgehead atoms. The molecule has 0 heterocycles. The van der Waals surface area contributed by atoms with Crippen LogP contribution in [0.2, 0.25) is 0 Å². The molecule has 1 amide bonds. The monoisotopic (exact) mass is 601 g/mol. The molecular formula is C31H44BrN3O4. The molecule has 0 aliphatic heterocycles. The van der Waals surface area contributed by atoms with Crippen LogP contribution in [0.15, 0.2) is 40.9 Å². The molecular weight excluding hydrogens is 558 g/mol. The second-order valence-corrected chi connectivity index (χ2v) is 11.2. The van der Waals surface area contributed by atoms with Gasteiger partial charge in [0, 0.05) is 29.2 Å². The Bertz CT molecular complexity index is 1090. The minimum atomic E-state index is -0.336. The van der Waals surface area contributed by atoms with E-state index >= 15 is 0 Å². The molecule has 0 aromatic heterocycles. The van der Waals surface area contributed by atoms with Gasteiger partial charge in [0.15, 0.2) is 0 Å². The average molecular weight is 603 g/mol. The summed E-state index contributed by atoms with van der Waals surface area (Å²) < 4.78 is 11.7. The number of nitrogens with one attached hydrogen (secondary N) is 1. The number of ether oxygens (including phenoxy) is 2. The molecule has 214 valence electrons. The number of methoxy groups -OCH3 is 1. The van der Waals surface area contributed by atoms with Crippen molar-refractivity contribution >= 4 is 33.5 Å². The highest BCUT2D eigenvalue weighted by Crippen LogP contribution is 2.30. The Labute approximate surface area is 241 Å². The minimum Gasteiger partial charge on any atom is -0.496 e. The average Bonchev–Trinajstić information content (AvgIpc) is 2.96. The number of halogens is 1. The van der Waals surface area contributed by atoms with Crippen LogP contribution in [-0.4, -0.2) is 49.6 Å². The van der Waals surface area contributed by atoms with E-state index in [2.05, 4.69) is 33.1 Å². The van der Waals surface area contributed by atoms with Gasteiger partial charge < -0.3 is 20.5 Å². The van der Waals surface area contributed by atoms with Crippen molar-refractivity contribution in [3.05, 3.63) is 57.6 Å². The molecule has 1 fully saturated rings. The van der Waals surface area contributed by atoms with Gasteiger partial charge in [-0.3, -0.25) is 9.69 Å². The van der Waals surface area contributed by atoms with Crippen molar-refractivity contribution in [2.24, 2.45) is 0 Å². The van der Waals surface area contributed by atoms with Gasteiger partial charge in [-0.05, 0) is 85.3 Å². The lowest BCUT2D eigenvalue weighted by molar-refractivity contribution is -0.122. The van der Waals surface area contributed by atoms with E-state index in [1.54, 1.807) is 13.2 Å². The summed E-state index contributed by atoms with van der Waals surface area (Å²) in [6.07, 6.45) is 8.72. The predicted molar refractivity (Wildman–Crippen MR) is 160 cm³/mol. The van der Waals surface area contributed by atoms with E-state index in [0.29, 0.717) is 36.2 Å². The van der Waals surface area contributed by atoms with Gasteiger partial charge in [0.2, 0.25) is 5.91 Å². The van der Waals surface area contributed by atoms with E-state index in [0.717, 1.165) is 48.0 Å². The summed E-state index contributed by atoms with van der Waals surface area (Å²) in [6.45, 7) is 6.67. The number of esters is 1. The van der Waals surface area contributed by atoms with Gasteiger partial charge in [-0.2, -0.15) is 0 Å². The fourth-order valence-corrected chi connectivity index (χ4v) is 5.77. The van der Waals surface area contributed by atoms with Crippen molar-refractivity contribution in [3.63, 3.8) is 0 Å². The Morgan fingerprint density at radius 2 is 1.87 bits per heavy atom. The molecule has 0 radical (unpaired) electrons. The Hall–Kier alpha value is -2.58. The van der Waals surface area contributed by atoms with Crippen molar-refractivity contribution in [1.82, 2.24) is 10.2 Å². The van der Waals surface area contributed by atoms with Gasteiger partial charge in [0.1, 0.15) is 5.75 Å². The largest absolute Gasteiger partial charge is 0.496 e. The fourth-order valence-electron chi connectivity index (χ4n) is 5.27. The summed E-state index contributed by atoms with van der Waals surface area (Å²) >= 11 is 3.54. The normalized spacial score (nSPS) is 14.7. The fraction of sp³-hybridized carbons (Fsp3) is 0.548. The first-order valence-corrected chi connectivity index (χ1v) is 15.0. The number of nitrogens with zero attached hydrogens (tertiary/aromatic N) is 1. The van der Waals surface area contributed by atoms with E-state index < -0.39 is 0 Å². The summed E-state index contributed by atoms with van der Waals surface area (Å²) in [4.78, 5) is 27.8. The molecule has 1 atom stereocenters. The summed E-state index contributed by atoms with van der Waals surface area (Å²) in [6, 6.07) is 11.8.